The van der Waals surface area contributed by atoms with Crippen LogP contribution in [0.25, 0.3) is 0 Å². The van der Waals surface area contributed by atoms with Crippen LogP contribution in [0.1, 0.15) is 38.7 Å². The number of hydrogen-bond donors (Lipinski definition) is 1. The minimum Gasteiger partial charge on any atom is -0.369 e. The number of guanidine groups is 1. The molecule has 3 nitrogen and oxygen atoms in total. The lowest BCUT2D eigenvalue weighted by molar-refractivity contribution is 0.197. The van der Waals surface area contributed by atoms with Gasteiger partial charge in [0.05, 0.1) is 12.1 Å². The van der Waals surface area contributed by atoms with Gasteiger partial charge in [0.15, 0.2) is 5.96 Å². The highest BCUT2D eigenvalue weighted by atomic mass is 15.4. The largest absolute Gasteiger partial charge is 0.369 e. The molecule has 0 radical (unpaired) electrons. The smallest absolute Gasteiger partial charge is 0.196 e. The molecule has 3 rings (SSSR count). The molecule has 0 aromatic heterocycles. The summed E-state index contributed by atoms with van der Waals surface area (Å²) in [5, 5.41) is 0. The van der Waals surface area contributed by atoms with Crippen molar-refractivity contribution in [2.24, 2.45) is 22.6 Å². The molecule has 0 saturated heterocycles. The zero-order chi connectivity index (χ0) is 14.3. The number of hydrogen-bond acceptors (Lipinski definition) is 3. The fourth-order valence-corrected chi connectivity index (χ4v) is 4.33. The predicted molar refractivity (Wildman–Crippen MR) is 85.1 cm³/mol. The molecule has 1 fully saturated rings. The summed E-state index contributed by atoms with van der Waals surface area (Å²) in [7, 11) is 0. The van der Waals surface area contributed by atoms with Gasteiger partial charge in [0, 0.05) is 5.69 Å². The lowest BCUT2D eigenvalue weighted by atomic mass is 9.71. The maximum absolute atomic E-state index is 6.23. The first-order valence-electron chi connectivity index (χ1n) is 7.67. The Balaban J connectivity index is 1.99. The summed E-state index contributed by atoms with van der Waals surface area (Å²) >= 11 is 0. The van der Waals surface area contributed by atoms with Gasteiger partial charge >= 0.3 is 0 Å². The number of anilines is 1. The van der Waals surface area contributed by atoms with Crippen LogP contribution in [0.4, 0.5) is 5.69 Å². The molecule has 1 heterocycles. The molecule has 2 atom stereocenters. The lowest BCUT2D eigenvalue weighted by Gasteiger charge is -2.46. The monoisotopic (exact) mass is 271 g/mol. The van der Waals surface area contributed by atoms with Crippen LogP contribution in [0.2, 0.25) is 0 Å². The van der Waals surface area contributed by atoms with Crippen LogP contribution >= 0.6 is 0 Å². The van der Waals surface area contributed by atoms with Gasteiger partial charge in [-0.3, -0.25) is 4.99 Å². The van der Waals surface area contributed by atoms with Gasteiger partial charge in [-0.25, -0.2) is 0 Å². The third kappa shape index (κ3) is 2.19. The van der Waals surface area contributed by atoms with E-state index in [0.717, 1.165) is 18.4 Å². The molecular formula is C17H25N3. The van der Waals surface area contributed by atoms with E-state index in [9.17, 15) is 0 Å². The van der Waals surface area contributed by atoms with Crippen LogP contribution in [-0.4, -0.2) is 18.0 Å². The van der Waals surface area contributed by atoms with Gasteiger partial charge in [-0.2, -0.15) is 0 Å². The Hall–Kier alpha value is -1.51. The van der Waals surface area contributed by atoms with E-state index in [-0.39, 0.29) is 5.54 Å². The van der Waals surface area contributed by atoms with E-state index in [4.69, 9.17) is 5.73 Å². The van der Waals surface area contributed by atoms with Crippen molar-refractivity contribution < 1.29 is 0 Å². The summed E-state index contributed by atoms with van der Waals surface area (Å²) in [6, 6.07) is 8.62. The van der Waals surface area contributed by atoms with Crippen molar-refractivity contribution in [3.63, 3.8) is 0 Å². The summed E-state index contributed by atoms with van der Waals surface area (Å²) in [6.45, 7) is 7.70. The number of aryl methyl sites for hydroxylation is 1. The SMILES string of the molecule is Cc1cccc(N2C(N)=NCC23CC(C)CC(C)C3)c1. The summed E-state index contributed by atoms with van der Waals surface area (Å²) in [6.07, 6.45) is 3.70. The number of aliphatic imine (C=N–C) groups is 1. The van der Waals surface area contributed by atoms with Crippen molar-refractivity contribution in [1.82, 2.24) is 0 Å². The second-order valence-electron chi connectivity index (χ2n) is 6.93. The van der Waals surface area contributed by atoms with Gasteiger partial charge in [-0.15, -0.1) is 0 Å². The van der Waals surface area contributed by atoms with E-state index in [1.165, 1.54) is 30.5 Å². The minimum atomic E-state index is 0.106. The number of nitrogens with zero attached hydrogens (tertiary/aromatic N) is 2. The average Bonchev–Trinajstić information content (AvgIpc) is 2.64. The van der Waals surface area contributed by atoms with Crippen LogP contribution in [0.3, 0.4) is 0 Å². The summed E-state index contributed by atoms with van der Waals surface area (Å²) < 4.78 is 0. The van der Waals surface area contributed by atoms with Crippen molar-refractivity contribution in [2.45, 2.75) is 45.6 Å². The fraction of sp³-hybridized carbons (Fsp3) is 0.588. The maximum Gasteiger partial charge on any atom is 0.196 e. The quantitative estimate of drug-likeness (QED) is 0.851. The summed E-state index contributed by atoms with van der Waals surface area (Å²) in [4.78, 5) is 6.90. The van der Waals surface area contributed by atoms with Crippen molar-refractivity contribution in [1.29, 1.82) is 0 Å². The molecule has 1 saturated carbocycles. The van der Waals surface area contributed by atoms with Gasteiger partial charge in [0.2, 0.25) is 0 Å². The molecule has 1 aliphatic heterocycles. The first kappa shape index (κ1) is 13.5. The van der Waals surface area contributed by atoms with Crippen LogP contribution < -0.4 is 10.6 Å². The first-order valence-corrected chi connectivity index (χ1v) is 7.67. The molecule has 108 valence electrons. The van der Waals surface area contributed by atoms with Crippen molar-refractivity contribution in [3.05, 3.63) is 29.8 Å². The van der Waals surface area contributed by atoms with Gasteiger partial charge in [0.25, 0.3) is 0 Å². The van der Waals surface area contributed by atoms with Gasteiger partial charge in [-0.05, 0) is 55.7 Å². The zero-order valence-electron chi connectivity index (χ0n) is 12.8. The summed E-state index contributed by atoms with van der Waals surface area (Å²) in [5.41, 5.74) is 8.81. The predicted octanol–water partition coefficient (Wildman–Crippen LogP) is 3.32. The Morgan fingerprint density at radius 3 is 2.60 bits per heavy atom. The van der Waals surface area contributed by atoms with Gasteiger partial charge in [-0.1, -0.05) is 26.0 Å². The van der Waals surface area contributed by atoms with E-state index in [2.05, 4.69) is 54.9 Å². The number of benzene rings is 1. The van der Waals surface area contributed by atoms with Gasteiger partial charge < -0.3 is 10.6 Å². The highest BCUT2D eigenvalue weighted by molar-refractivity contribution is 5.98. The second-order valence-corrected chi connectivity index (χ2v) is 6.93. The Morgan fingerprint density at radius 1 is 1.25 bits per heavy atom. The van der Waals surface area contributed by atoms with Crippen LogP contribution in [0.5, 0.6) is 0 Å². The van der Waals surface area contributed by atoms with E-state index >= 15 is 0 Å². The first-order chi connectivity index (χ1) is 9.50. The molecule has 0 amide bonds. The Kier molecular flexibility index (Phi) is 3.23. The molecule has 1 aromatic rings. The molecule has 1 aliphatic carbocycles. The Bertz CT molecular complexity index is 525. The molecule has 3 heteroatoms. The molecular weight excluding hydrogens is 246 g/mol. The van der Waals surface area contributed by atoms with E-state index in [1.807, 2.05) is 0 Å². The average molecular weight is 271 g/mol. The molecule has 2 aliphatic rings. The lowest BCUT2D eigenvalue weighted by Crippen LogP contribution is -2.55. The fourth-order valence-electron chi connectivity index (χ4n) is 4.33. The second kappa shape index (κ2) is 4.80. The van der Waals surface area contributed by atoms with Crippen molar-refractivity contribution in [3.8, 4) is 0 Å². The maximum atomic E-state index is 6.23. The normalized spacial score (nSPS) is 33.5. The molecule has 2 unspecified atom stereocenters. The van der Waals surface area contributed by atoms with Crippen LogP contribution in [0, 0.1) is 18.8 Å². The third-order valence-electron chi connectivity index (χ3n) is 4.76. The highest BCUT2D eigenvalue weighted by Crippen LogP contribution is 2.44. The highest BCUT2D eigenvalue weighted by Gasteiger charge is 2.47. The van der Waals surface area contributed by atoms with E-state index in [0.29, 0.717) is 5.96 Å². The van der Waals surface area contributed by atoms with Crippen molar-refractivity contribution in [2.75, 3.05) is 11.4 Å². The number of rotatable bonds is 1. The molecule has 0 bridgehead atoms. The molecule has 1 spiro atoms. The zero-order valence-corrected chi connectivity index (χ0v) is 12.8. The number of nitrogens with two attached hydrogens (primary N) is 1. The van der Waals surface area contributed by atoms with E-state index in [1.54, 1.807) is 0 Å². The Labute approximate surface area is 121 Å². The standard InChI is InChI=1S/C17H25N3/c1-12-5-4-6-15(8-12)20-16(18)19-11-17(20)9-13(2)7-14(3)10-17/h4-6,8,13-14H,7,9-11H2,1-3H3,(H2,18,19). The van der Waals surface area contributed by atoms with Crippen molar-refractivity contribution >= 4 is 11.6 Å². The third-order valence-corrected chi connectivity index (χ3v) is 4.76. The van der Waals surface area contributed by atoms with Gasteiger partial charge in [0.1, 0.15) is 0 Å². The van der Waals surface area contributed by atoms with E-state index < -0.39 is 0 Å². The minimum absolute atomic E-state index is 0.106. The van der Waals surface area contributed by atoms with Crippen LogP contribution in [0.15, 0.2) is 29.3 Å². The molecule has 1 aromatic carbocycles. The summed E-state index contributed by atoms with van der Waals surface area (Å²) in [5.74, 6) is 2.18. The van der Waals surface area contributed by atoms with Crippen LogP contribution in [-0.2, 0) is 0 Å². The molecule has 2 N–H and O–H groups in total. The Morgan fingerprint density at radius 2 is 1.95 bits per heavy atom. The molecule has 20 heavy (non-hydrogen) atoms. The topological polar surface area (TPSA) is 41.6 Å².